The number of thiocarbonyl (C=S) groups is 1. The summed E-state index contributed by atoms with van der Waals surface area (Å²) >= 11 is 5.12. The molecule has 16 heavy (non-hydrogen) atoms. The van der Waals surface area contributed by atoms with Crippen molar-refractivity contribution in [1.29, 1.82) is 0 Å². The summed E-state index contributed by atoms with van der Waals surface area (Å²) in [6.07, 6.45) is 4.81. The molecule has 0 atom stereocenters. The van der Waals surface area contributed by atoms with Crippen LogP contribution >= 0.6 is 12.2 Å². The minimum Gasteiger partial charge on any atom is -0.363 e. The molecule has 1 rings (SSSR count). The molecular weight excluding hydrogens is 222 g/mol. The van der Waals surface area contributed by atoms with Gasteiger partial charge < -0.3 is 10.6 Å². The molecule has 0 aliphatic heterocycles. The summed E-state index contributed by atoms with van der Waals surface area (Å²) in [4.78, 5) is 4.14. The zero-order valence-corrected chi connectivity index (χ0v) is 10.7. The largest absolute Gasteiger partial charge is 0.363 e. The van der Waals surface area contributed by atoms with Crippen molar-refractivity contribution < 1.29 is 0 Å². The Hall–Kier alpha value is -1.17. The fraction of sp³-hybridized carbons (Fsp3) is 0.700. The Morgan fingerprint density at radius 1 is 1.44 bits per heavy atom. The van der Waals surface area contributed by atoms with Gasteiger partial charge in [-0.15, -0.1) is 0 Å². The molecule has 0 amide bonds. The van der Waals surface area contributed by atoms with Crippen LogP contribution in [0.5, 0.6) is 0 Å². The van der Waals surface area contributed by atoms with E-state index in [1.165, 1.54) is 6.42 Å². The SMILES string of the molecule is CCCCNC(=S)NCCc1ncn(C)n1. The molecule has 6 heteroatoms. The van der Waals surface area contributed by atoms with Crippen molar-refractivity contribution in [2.45, 2.75) is 26.2 Å². The van der Waals surface area contributed by atoms with Gasteiger partial charge >= 0.3 is 0 Å². The summed E-state index contributed by atoms with van der Waals surface area (Å²) < 4.78 is 1.70. The molecule has 0 aromatic carbocycles. The van der Waals surface area contributed by atoms with Gasteiger partial charge in [0.05, 0.1) is 0 Å². The lowest BCUT2D eigenvalue weighted by Crippen LogP contribution is -2.36. The Labute approximate surface area is 102 Å². The highest BCUT2D eigenvalue weighted by Gasteiger charge is 1.99. The maximum Gasteiger partial charge on any atom is 0.166 e. The number of nitrogens with zero attached hydrogens (tertiary/aromatic N) is 3. The van der Waals surface area contributed by atoms with Gasteiger partial charge in [0.2, 0.25) is 0 Å². The summed E-state index contributed by atoms with van der Waals surface area (Å²) in [5.74, 6) is 0.839. The van der Waals surface area contributed by atoms with Crippen molar-refractivity contribution in [3.8, 4) is 0 Å². The van der Waals surface area contributed by atoms with Gasteiger partial charge in [0.1, 0.15) is 6.33 Å². The molecular formula is C10H19N5S. The van der Waals surface area contributed by atoms with Crippen molar-refractivity contribution in [3.63, 3.8) is 0 Å². The number of rotatable bonds is 6. The number of unbranched alkanes of at least 4 members (excludes halogenated alkanes) is 1. The molecule has 0 saturated heterocycles. The van der Waals surface area contributed by atoms with Gasteiger partial charge in [-0.2, -0.15) is 5.10 Å². The van der Waals surface area contributed by atoms with Gasteiger partial charge in [0.15, 0.2) is 10.9 Å². The van der Waals surface area contributed by atoms with E-state index < -0.39 is 0 Å². The lowest BCUT2D eigenvalue weighted by Gasteiger charge is -2.08. The van der Waals surface area contributed by atoms with Crippen molar-refractivity contribution in [2.75, 3.05) is 13.1 Å². The molecule has 2 N–H and O–H groups in total. The van der Waals surface area contributed by atoms with Gasteiger partial charge in [-0.3, -0.25) is 4.68 Å². The van der Waals surface area contributed by atoms with Crippen molar-refractivity contribution in [2.24, 2.45) is 7.05 Å². The molecule has 1 aromatic rings. The lowest BCUT2D eigenvalue weighted by molar-refractivity contribution is 0.716. The van der Waals surface area contributed by atoms with Crippen molar-refractivity contribution in [3.05, 3.63) is 12.2 Å². The van der Waals surface area contributed by atoms with Gasteiger partial charge in [-0.05, 0) is 18.6 Å². The average Bonchev–Trinajstić information content (AvgIpc) is 2.65. The third kappa shape index (κ3) is 5.06. The third-order valence-electron chi connectivity index (χ3n) is 2.10. The molecule has 1 aromatic heterocycles. The molecule has 0 bridgehead atoms. The number of nitrogens with one attached hydrogen (secondary N) is 2. The predicted octanol–water partition coefficient (Wildman–Crippen LogP) is 0.622. The molecule has 0 aliphatic rings. The Morgan fingerprint density at radius 3 is 2.81 bits per heavy atom. The highest BCUT2D eigenvalue weighted by molar-refractivity contribution is 7.80. The summed E-state index contributed by atoms with van der Waals surface area (Å²) in [7, 11) is 1.86. The fourth-order valence-electron chi connectivity index (χ4n) is 1.23. The number of aromatic nitrogens is 3. The molecule has 0 unspecified atom stereocenters. The van der Waals surface area contributed by atoms with E-state index in [1.54, 1.807) is 11.0 Å². The van der Waals surface area contributed by atoms with Crippen LogP contribution in [-0.2, 0) is 13.5 Å². The molecule has 0 saturated carbocycles. The van der Waals surface area contributed by atoms with E-state index in [0.29, 0.717) is 5.11 Å². The molecule has 1 heterocycles. The molecule has 5 nitrogen and oxygen atoms in total. The van der Waals surface area contributed by atoms with E-state index in [-0.39, 0.29) is 0 Å². The van der Waals surface area contributed by atoms with Crippen LogP contribution in [0.3, 0.4) is 0 Å². The van der Waals surface area contributed by atoms with E-state index in [1.807, 2.05) is 7.05 Å². The molecule has 0 fully saturated rings. The quantitative estimate of drug-likeness (QED) is 0.565. The van der Waals surface area contributed by atoms with Gasteiger partial charge in [-0.1, -0.05) is 13.3 Å². The first-order chi connectivity index (χ1) is 7.72. The van der Waals surface area contributed by atoms with Crippen LogP contribution in [0.25, 0.3) is 0 Å². The fourth-order valence-corrected chi connectivity index (χ4v) is 1.43. The van der Waals surface area contributed by atoms with Crippen LogP contribution in [-0.4, -0.2) is 33.0 Å². The minimum absolute atomic E-state index is 0.712. The zero-order chi connectivity index (χ0) is 11.8. The van der Waals surface area contributed by atoms with E-state index in [0.717, 1.165) is 31.8 Å². The van der Waals surface area contributed by atoms with Crippen LogP contribution in [0.2, 0.25) is 0 Å². The van der Waals surface area contributed by atoms with Crippen LogP contribution < -0.4 is 10.6 Å². The van der Waals surface area contributed by atoms with Crippen LogP contribution in [0, 0.1) is 0 Å². The second-order valence-corrected chi connectivity index (χ2v) is 4.03. The first-order valence-corrected chi connectivity index (χ1v) is 5.99. The second-order valence-electron chi connectivity index (χ2n) is 3.62. The van der Waals surface area contributed by atoms with E-state index in [2.05, 4.69) is 27.6 Å². The van der Waals surface area contributed by atoms with E-state index >= 15 is 0 Å². The Kier molecular flexibility index (Phi) is 5.77. The standard InChI is InChI=1S/C10H19N5S/c1-3-4-6-11-10(16)12-7-5-9-13-8-15(2)14-9/h8H,3-7H2,1-2H3,(H2,11,12,16). The Morgan fingerprint density at radius 2 is 2.19 bits per heavy atom. The number of hydrogen-bond acceptors (Lipinski definition) is 3. The van der Waals surface area contributed by atoms with Crippen LogP contribution in [0.4, 0.5) is 0 Å². The highest BCUT2D eigenvalue weighted by atomic mass is 32.1. The second kappa shape index (κ2) is 7.16. The summed E-state index contributed by atoms with van der Waals surface area (Å²) in [5.41, 5.74) is 0. The first-order valence-electron chi connectivity index (χ1n) is 5.58. The third-order valence-corrected chi connectivity index (χ3v) is 2.39. The van der Waals surface area contributed by atoms with Gasteiger partial charge in [0, 0.05) is 26.6 Å². The molecule has 90 valence electrons. The summed E-state index contributed by atoms with van der Waals surface area (Å²) in [6.45, 7) is 3.86. The minimum atomic E-state index is 0.712. The lowest BCUT2D eigenvalue weighted by atomic mass is 10.3. The normalized spacial score (nSPS) is 10.1. The average molecular weight is 241 g/mol. The maximum absolute atomic E-state index is 5.12. The Balaban J connectivity index is 2.08. The molecule has 0 aliphatic carbocycles. The van der Waals surface area contributed by atoms with Gasteiger partial charge in [-0.25, -0.2) is 4.98 Å². The molecule has 0 spiro atoms. The van der Waals surface area contributed by atoms with Crippen molar-refractivity contribution >= 4 is 17.3 Å². The first kappa shape index (κ1) is 12.9. The smallest absolute Gasteiger partial charge is 0.166 e. The van der Waals surface area contributed by atoms with Gasteiger partial charge in [0.25, 0.3) is 0 Å². The summed E-state index contributed by atoms with van der Waals surface area (Å²) in [5, 5.41) is 11.2. The number of aryl methyl sites for hydroxylation is 1. The van der Waals surface area contributed by atoms with Crippen LogP contribution in [0.1, 0.15) is 25.6 Å². The zero-order valence-electron chi connectivity index (χ0n) is 9.86. The number of hydrogen-bond donors (Lipinski definition) is 2. The highest BCUT2D eigenvalue weighted by Crippen LogP contribution is 1.88. The predicted molar refractivity (Wildman–Crippen MR) is 68.2 cm³/mol. The Bertz CT molecular complexity index is 323. The molecule has 0 radical (unpaired) electrons. The van der Waals surface area contributed by atoms with E-state index in [4.69, 9.17) is 12.2 Å². The maximum atomic E-state index is 5.12. The monoisotopic (exact) mass is 241 g/mol. The topological polar surface area (TPSA) is 54.8 Å². The van der Waals surface area contributed by atoms with Crippen molar-refractivity contribution in [1.82, 2.24) is 25.4 Å². The van der Waals surface area contributed by atoms with E-state index in [9.17, 15) is 0 Å². The van der Waals surface area contributed by atoms with Crippen LogP contribution in [0.15, 0.2) is 6.33 Å². The summed E-state index contributed by atoms with van der Waals surface area (Å²) in [6, 6.07) is 0.